The normalized spacial score (nSPS) is 10.9. The second kappa shape index (κ2) is 7.44. The van der Waals surface area contributed by atoms with E-state index in [1.165, 1.54) is 11.3 Å². The number of carbonyl (C=O) groups is 1. The monoisotopic (exact) mass is 390 g/mol. The quantitative estimate of drug-likeness (QED) is 0.270. The van der Waals surface area contributed by atoms with Gasteiger partial charge in [0.15, 0.2) is 0 Å². The van der Waals surface area contributed by atoms with E-state index in [0.29, 0.717) is 33.8 Å². The summed E-state index contributed by atoms with van der Waals surface area (Å²) in [5.74, 6) is -0.0264. The fraction of sp³-hybridized carbons (Fsp3) is 0.130. The van der Waals surface area contributed by atoms with Crippen LogP contribution in [0.3, 0.4) is 0 Å². The lowest BCUT2D eigenvalue weighted by molar-refractivity contribution is 0.0739. The standard InChI is InChI=1S/C23H18O4S/c1-14-17-10-11-19(26-23(25)20-9-6-12-28-20)15(2)21(17)27-22(24)18(14)13-16-7-4-3-5-8-16/h3-12H,13H2,1-2H3. The molecule has 0 radical (unpaired) electrons. The maximum atomic E-state index is 12.7. The van der Waals surface area contributed by atoms with Crippen LogP contribution in [0.4, 0.5) is 0 Å². The van der Waals surface area contributed by atoms with Crippen LogP contribution in [-0.2, 0) is 6.42 Å². The molecule has 28 heavy (non-hydrogen) atoms. The van der Waals surface area contributed by atoms with Gasteiger partial charge in [-0.05, 0) is 48.6 Å². The number of ether oxygens (including phenoxy) is 1. The van der Waals surface area contributed by atoms with Gasteiger partial charge in [0.2, 0.25) is 0 Å². The van der Waals surface area contributed by atoms with Gasteiger partial charge in [0.1, 0.15) is 16.2 Å². The van der Waals surface area contributed by atoms with E-state index in [-0.39, 0.29) is 5.63 Å². The molecule has 0 N–H and O–H groups in total. The SMILES string of the molecule is Cc1c(Cc2ccccc2)c(=O)oc2c(C)c(OC(=O)c3cccs3)ccc12. The zero-order valence-corrected chi connectivity index (χ0v) is 16.3. The Morgan fingerprint density at radius 1 is 1.00 bits per heavy atom. The van der Waals surface area contributed by atoms with Crippen molar-refractivity contribution in [1.82, 2.24) is 0 Å². The molecular formula is C23H18O4S. The van der Waals surface area contributed by atoms with Gasteiger partial charge in [-0.15, -0.1) is 11.3 Å². The van der Waals surface area contributed by atoms with E-state index >= 15 is 0 Å². The number of fused-ring (bicyclic) bond motifs is 1. The minimum Gasteiger partial charge on any atom is -0.422 e. The maximum absolute atomic E-state index is 12.7. The van der Waals surface area contributed by atoms with E-state index in [4.69, 9.17) is 9.15 Å². The van der Waals surface area contributed by atoms with Crippen molar-refractivity contribution in [1.29, 1.82) is 0 Å². The Hall–Kier alpha value is -3.18. The van der Waals surface area contributed by atoms with Crippen molar-refractivity contribution in [3.05, 3.63) is 97.5 Å². The van der Waals surface area contributed by atoms with Gasteiger partial charge in [0, 0.05) is 22.9 Å². The molecule has 0 aliphatic heterocycles. The molecule has 5 heteroatoms. The largest absolute Gasteiger partial charge is 0.422 e. The molecule has 0 saturated carbocycles. The van der Waals surface area contributed by atoms with Crippen LogP contribution < -0.4 is 10.4 Å². The van der Waals surface area contributed by atoms with Crippen LogP contribution in [-0.4, -0.2) is 5.97 Å². The Morgan fingerprint density at radius 3 is 2.50 bits per heavy atom. The highest BCUT2D eigenvalue weighted by molar-refractivity contribution is 7.12. The number of thiophene rings is 1. The highest BCUT2D eigenvalue weighted by atomic mass is 32.1. The minimum absolute atomic E-state index is 0.362. The molecule has 4 aromatic rings. The highest BCUT2D eigenvalue weighted by Gasteiger charge is 2.18. The van der Waals surface area contributed by atoms with Gasteiger partial charge >= 0.3 is 11.6 Å². The van der Waals surface area contributed by atoms with E-state index in [9.17, 15) is 9.59 Å². The molecule has 0 fully saturated rings. The van der Waals surface area contributed by atoms with E-state index in [1.54, 1.807) is 25.1 Å². The van der Waals surface area contributed by atoms with Crippen LogP contribution in [0.1, 0.15) is 31.9 Å². The average molecular weight is 390 g/mol. The summed E-state index contributed by atoms with van der Waals surface area (Å²) in [5.41, 5.74) is 3.30. The Kier molecular flexibility index (Phi) is 4.84. The van der Waals surface area contributed by atoms with Crippen molar-refractivity contribution in [3.63, 3.8) is 0 Å². The highest BCUT2D eigenvalue weighted by Crippen LogP contribution is 2.30. The van der Waals surface area contributed by atoms with Crippen molar-refractivity contribution in [3.8, 4) is 5.75 Å². The summed E-state index contributed by atoms with van der Waals surface area (Å²) < 4.78 is 11.2. The lowest BCUT2D eigenvalue weighted by Crippen LogP contribution is -2.12. The van der Waals surface area contributed by atoms with E-state index < -0.39 is 5.97 Å². The summed E-state index contributed by atoms with van der Waals surface area (Å²) in [7, 11) is 0. The third-order valence-corrected chi connectivity index (χ3v) is 5.65. The lowest BCUT2D eigenvalue weighted by atomic mass is 9.98. The number of hydrogen-bond donors (Lipinski definition) is 0. The Bertz CT molecular complexity index is 1210. The van der Waals surface area contributed by atoms with E-state index in [2.05, 4.69) is 0 Å². The predicted molar refractivity (Wildman–Crippen MR) is 110 cm³/mol. The van der Waals surface area contributed by atoms with Crippen molar-refractivity contribution in [2.45, 2.75) is 20.3 Å². The third kappa shape index (κ3) is 3.37. The number of esters is 1. The maximum Gasteiger partial charge on any atom is 0.353 e. The fourth-order valence-electron chi connectivity index (χ4n) is 3.23. The van der Waals surface area contributed by atoms with Gasteiger partial charge in [-0.1, -0.05) is 36.4 Å². The molecule has 0 unspecified atom stereocenters. The van der Waals surface area contributed by atoms with Crippen LogP contribution in [0.2, 0.25) is 0 Å². The Labute approximate surface area is 166 Å². The molecule has 2 aromatic carbocycles. The second-order valence-electron chi connectivity index (χ2n) is 6.59. The Balaban J connectivity index is 1.74. The summed E-state index contributed by atoms with van der Waals surface area (Å²) in [6.07, 6.45) is 0.513. The molecule has 140 valence electrons. The zero-order chi connectivity index (χ0) is 19.7. The molecule has 0 amide bonds. The minimum atomic E-state index is -0.419. The van der Waals surface area contributed by atoms with Crippen molar-refractivity contribution >= 4 is 28.3 Å². The molecule has 4 nitrogen and oxygen atoms in total. The molecule has 0 spiro atoms. The molecule has 0 atom stereocenters. The van der Waals surface area contributed by atoms with Crippen molar-refractivity contribution in [2.24, 2.45) is 0 Å². The van der Waals surface area contributed by atoms with Crippen LogP contribution >= 0.6 is 11.3 Å². The number of carbonyl (C=O) groups excluding carboxylic acids is 1. The predicted octanol–water partition coefficient (Wildman–Crippen LogP) is 5.28. The Morgan fingerprint density at radius 2 is 1.79 bits per heavy atom. The van der Waals surface area contributed by atoms with Gasteiger partial charge in [0.25, 0.3) is 0 Å². The zero-order valence-electron chi connectivity index (χ0n) is 15.5. The first-order valence-corrected chi connectivity index (χ1v) is 9.78. The van der Waals surface area contributed by atoms with Gasteiger partial charge in [-0.25, -0.2) is 9.59 Å². The first-order valence-electron chi connectivity index (χ1n) is 8.90. The number of rotatable bonds is 4. The molecule has 0 bridgehead atoms. The van der Waals surface area contributed by atoms with Gasteiger partial charge < -0.3 is 9.15 Å². The summed E-state index contributed by atoms with van der Waals surface area (Å²) in [6.45, 7) is 3.72. The molecule has 0 aliphatic rings. The summed E-state index contributed by atoms with van der Waals surface area (Å²) in [5, 5.41) is 2.67. The second-order valence-corrected chi connectivity index (χ2v) is 7.54. The van der Waals surface area contributed by atoms with Crippen molar-refractivity contribution < 1.29 is 13.9 Å². The number of aryl methyl sites for hydroxylation is 2. The number of hydrogen-bond acceptors (Lipinski definition) is 5. The smallest absolute Gasteiger partial charge is 0.353 e. The fourth-order valence-corrected chi connectivity index (χ4v) is 3.83. The lowest BCUT2D eigenvalue weighted by Gasteiger charge is -2.12. The number of benzene rings is 2. The van der Waals surface area contributed by atoms with Gasteiger partial charge in [-0.3, -0.25) is 0 Å². The third-order valence-electron chi connectivity index (χ3n) is 4.80. The molecule has 2 aromatic heterocycles. The van der Waals surface area contributed by atoms with E-state index in [1.807, 2.05) is 48.7 Å². The van der Waals surface area contributed by atoms with Crippen molar-refractivity contribution in [2.75, 3.05) is 0 Å². The summed E-state index contributed by atoms with van der Waals surface area (Å²) >= 11 is 1.32. The summed E-state index contributed by atoms with van der Waals surface area (Å²) in [6, 6.07) is 16.9. The van der Waals surface area contributed by atoms with Crippen LogP contribution in [0, 0.1) is 13.8 Å². The molecule has 4 rings (SSSR count). The van der Waals surface area contributed by atoms with Gasteiger partial charge in [0.05, 0.1) is 0 Å². The molecule has 2 heterocycles. The molecular weight excluding hydrogens is 372 g/mol. The molecule has 0 saturated heterocycles. The first-order chi connectivity index (χ1) is 13.5. The van der Waals surface area contributed by atoms with Crippen LogP contribution in [0.15, 0.2) is 69.2 Å². The van der Waals surface area contributed by atoms with Gasteiger partial charge in [-0.2, -0.15) is 0 Å². The average Bonchev–Trinajstić information content (AvgIpc) is 3.23. The van der Waals surface area contributed by atoms with E-state index in [0.717, 1.165) is 16.5 Å². The van der Waals surface area contributed by atoms with Crippen LogP contribution in [0.25, 0.3) is 11.0 Å². The molecule has 0 aliphatic carbocycles. The summed E-state index contributed by atoms with van der Waals surface area (Å²) in [4.78, 5) is 25.4. The van der Waals surface area contributed by atoms with Crippen LogP contribution in [0.5, 0.6) is 5.75 Å². The topological polar surface area (TPSA) is 56.5 Å². The first kappa shape index (κ1) is 18.2.